The van der Waals surface area contributed by atoms with Crippen LogP contribution < -0.4 is 10.2 Å². The number of aryl methyl sites for hydroxylation is 2. The number of hydrogen-bond acceptors (Lipinski definition) is 5. The number of rotatable bonds is 3. The molecule has 1 aromatic carbocycles. The van der Waals surface area contributed by atoms with E-state index in [1.165, 1.54) is 11.5 Å². The summed E-state index contributed by atoms with van der Waals surface area (Å²) in [5, 5.41) is 4.50. The van der Waals surface area contributed by atoms with E-state index >= 15 is 0 Å². The maximum Gasteiger partial charge on any atom is 0.321 e. The van der Waals surface area contributed by atoms with Gasteiger partial charge in [0.1, 0.15) is 5.82 Å². The van der Waals surface area contributed by atoms with Gasteiger partial charge >= 0.3 is 6.03 Å². The number of benzene rings is 1. The van der Waals surface area contributed by atoms with Crippen LogP contribution in [0.5, 0.6) is 0 Å². The largest absolute Gasteiger partial charge is 0.343 e. The van der Waals surface area contributed by atoms with Crippen LogP contribution in [0.25, 0.3) is 0 Å². The third-order valence-electron chi connectivity index (χ3n) is 4.03. The van der Waals surface area contributed by atoms with E-state index in [1.54, 1.807) is 6.07 Å². The monoisotopic (exact) mass is 365 g/mol. The molecule has 1 aromatic heterocycles. The number of nitrogens with zero attached hydrogens (tertiary/aromatic N) is 4. The Balaban J connectivity index is 1.55. The Labute approximate surface area is 150 Å². The van der Waals surface area contributed by atoms with Crippen molar-refractivity contribution in [3.63, 3.8) is 0 Å². The molecule has 1 aliphatic rings. The summed E-state index contributed by atoms with van der Waals surface area (Å²) in [5.41, 5.74) is 1.71. The van der Waals surface area contributed by atoms with Crippen molar-refractivity contribution >= 4 is 40.0 Å². The Hall–Kier alpha value is -1.86. The lowest BCUT2D eigenvalue weighted by Crippen LogP contribution is -2.50. The second-order valence-corrected chi connectivity index (χ2v) is 6.85. The minimum atomic E-state index is -0.0962. The highest BCUT2D eigenvalue weighted by molar-refractivity contribution is 7.09. The predicted molar refractivity (Wildman–Crippen MR) is 98.3 cm³/mol. The van der Waals surface area contributed by atoms with Crippen LogP contribution in [0.4, 0.5) is 15.6 Å². The smallest absolute Gasteiger partial charge is 0.321 e. The number of urea groups is 1. The van der Waals surface area contributed by atoms with Gasteiger partial charge < -0.3 is 15.1 Å². The minimum Gasteiger partial charge on any atom is -0.343 e. The van der Waals surface area contributed by atoms with E-state index in [9.17, 15) is 4.79 Å². The van der Waals surface area contributed by atoms with Crippen LogP contribution in [0.3, 0.4) is 0 Å². The molecular weight excluding hydrogens is 346 g/mol. The summed E-state index contributed by atoms with van der Waals surface area (Å²) in [5.74, 6) is 0.881. The summed E-state index contributed by atoms with van der Waals surface area (Å²) in [7, 11) is 0. The van der Waals surface area contributed by atoms with Crippen molar-refractivity contribution in [2.45, 2.75) is 20.3 Å². The van der Waals surface area contributed by atoms with Gasteiger partial charge in [-0.1, -0.05) is 24.6 Å². The highest BCUT2D eigenvalue weighted by atomic mass is 35.5. The normalized spacial score (nSPS) is 14.8. The zero-order chi connectivity index (χ0) is 17.1. The van der Waals surface area contributed by atoms with Crippen LogP contribution in [-0.4, -0.2) is 46.5 Å². The summed E-state index contributed by atoms with van der Waals surface area (Å²) in [6.07, 6.45) is 0.845. The van der Waals surface area contributed by atoms with E-state index in [2.05, 4.69) is 19.6 Å². The molecule has 8 heteroatoms. The molecule has 0 radical (unpaired) electrons. The average molecular weight is 366 g/mol. The van der Waals surface area contributed by atoms with Crippen molar-refractivity contribution in [3.8, 4) is 0 Å². The fourth-order valence-corrected chi connectivity index (χ4v) is 3.47. The summed E-state index contributed by atoms with van der Waals surface area (Å²) < 4.78 is 4.32. The summed E-state index contributed by atoms with van der Waals surface area (Å²) in [6, 6.07) is 5.44. The van der Waals surface area contributed by atoms with E-state index in [0.29, 0.717) is 18.1 Å². The van der Waals surface area contributed by atoms with Crippen molar-refractivity contribution in [2.24, 2.45) is 0 Å². The fourth-order valence-electron chi connectivity index (χ4n) is 2.49. The van der Waals surface area contributed by atoms with Gasteiger partial charge in [0.2, 0.25) is 5.13 Å². The maximum absolute atomic E-state index is 12.4. The third-order valence-corrected chi connectivity index (χ3v) is 5.26. The lowest BCUT2D eigenvalue weighted by molar-refractivity contribution is 0.208. The molecule has 0 aliphatic carbocycles. The third kappa shape index (κ3) is 3.79. The van der Waals surface area contributed by atoms with Crippen molar-refractivity contribution in [1.82, 2.24) is 14.3 Å². The molecule has 0 saturated carbocycles. The SMILES string of the molecule is CCc1nsc(N2CCN(C(=O)Nc3ccc(C)c(Cl)c3)CC2)n1. The van der Waals surface area contributed by atoms with E-state index < -0.39 is 0 Å². The lowest BCUT2D eigenvalue weighted by atomic mass is 10.2. The average Bonchev–Trinajstić information content (AvgIpc) is 3.07. The van der Waals surface area contributed by atoms with Gasteiger partial charge in [0.15, 0.2) is 0 Å². The summed E-state index contributed by atoms with van der Waals surface area (Å²) >= 11 is 7.53. The molecule has 0 unspecified atom stereocenters. The number of nitrogens with one attached hydrogen (secondary N) is 1. The Bertz CT molecular complexity index is 727. The fraction of sp³-hybridized carbons (Fsp3) is 0.438. The van der Waals surface area contributed by atoms with Gasteiger partial charge in [0.25, 0.3) is 0 Å². The number of piperazine rings is 1. The Kier molecular flexibility index (Phi) is 5.20. The Morgan fingerprint density at radius 1 is 1.33 bits per heavy atom. The number of aromatic nitrogens is 2. The molecular formula is C16H20ClN5OS. The van der Waals surface area contributed by atoms with Crippen LogP contribution in [0.15, 0.2) is 18.2 Å². The minimum absolute atomic E-state index is 0.0962. The van der Waals surface area contributed by atoms with Gasteiger partial charge in [0.05, 0.1) is 0 Å². The van der Waals surface area contributed by atoms with E-state index in [1.807, 2.05) is 30.9 Å². The van der Waals surface area contributed by atoms with Crippen LogP contribution in [-0.2, 0) is 6.42 Å². The molecule has 1 saturated heterocycles. The highest BCUT2D eigenvalue weighted by Crippen LogP contribution is 2.22. The number of halogens is 1. The number of amides is 2. The van der Waals surface area contributed by atoms with Crippen LogP contribution in [0, 0.1) is 6.92 Å². The second kappa shape index (κ2) is 7.36. The van der Waals surface area contributed by atoms with E-state index in [-0.39, 0.29) is 6.03 Å². The van der Waals surface area contributed by atoms with Gasteiger partial charge in [-0.2, -0.15) is 4.37 Å². The zero-order valence-corrected chi connectivity index (χ0v) is 15.3. The quantitative estimate of drug-likeness (QED) is 0.905. The summed E-state index contributed by atoms with van der Waals surface area (Å²) in [4.78, 5) is 20.9. The first kappa shape index (κ1) is 17.0. The number of carbonyl (C=O) groups excluding carboxylic acids is 1. The van der Waals surface area contributed by atoms with Crippen molar-refractivity contribution in [3.05, 3.63) is 34.6 Å². The molecule has 6 nitrogen and oxygen atoms in total. The zero-order valence-electron chi connectivity index (χ0n) is 13.8. The first-order valence-electron chi connectivity index (χ1n) is 7.96. The van der Waals surface area contributed by atoms with Gasteiger partial charge in [-0.3, -0.25) is 0 Å². The standard InChI is InChI=1S/C16H20ClN5OS/c1-3-14-19-16(24-20-14)22-8-6-21(7-9-22)15(23)18-12-5-4-11(2)13(17)10-12/h4-5,10H,3,6-9H2,1-2H3,(H,18,23). The molecule has 2 aromatic rings. The first-order valence-corrected chi connectivity index (χ1v) is 9.11. The number of anilines is 2. The Morgan fingerprint density at radius 2 is 2.08 bits per heavy atom. The predicted octanol–water partition coefficient (Wildman–Crippen LogP) is 3.42. The first-order chi connectivity index (χ1) is 11.6. The van der Waals surface area contributed by atoms with E-state index in [4.69, 9.17) is 11.6 Å². The number of hydrogen-bond donors (Lipinski definition) is 1. The molecule has 128 valence electrons. The second-order valence-electron chi connectivity index (χ2n) is 5.71. The summed E-state index contributed by atoms with van der Waals surface area (Å²) in [6.45, 7) is 6.83. The van der Waals surface area contributed by atoms with Crippen molar-refractivity contribution < 1.29 is 4.79 Å². The molecule has 0 atom stereocenters. The van der Waals surface area contributed by atoms with Crippen LogP contribution in [0.1, 0.15) is 18.3 Å². The maximum atomic E-state index is 12.4. The molecule has 1 N–H and O–H groups in total. The molecule has 24 heavy (non-hydrogen) atoms. The van der Waals surface area contributed by atoms with Gasteiger partial charge in [-0.05, 0) is 24.6 Å². The van der Waals surface area contributed by atoms with E-state index in [0.717, 1.165) is 41.7 Å². The number of carbonyl (C=O) groups is 1. The Morgan fingerprint density at radius 3 is 2.71 bits per heavy atom. The molecule has 3 rings (SSSR count). The van der Waals surface area contributed by atoms with Crippen molar-refractivity contribution in [1.29, 1.82) is 0 Å². The molecule has 1 aliphatic heterocycles. The molecule has 2 amide bonds. The van der Waals surface area contributed by atoms with Crippen LogP contribution >= 0.6 is 23.1 Å². The molecule has 0 spiro atoms. The van der Waals surface area contributed by atoms with Gasteiger partial charge in [-0.25, -0.2) is 9.78 Å². The lowest BCUT2D eigenvalue weighted by Gasteiger charge is -2.34. The van der Waals surface area contributed by atoms with Crippen molar-refractivity contribution in [2.75, 3.05) is 36.4 Å². The molecule has 0 bridgehead atoms. The molecule has 2 heterocycles. The van der Waals surface area contributed by atoms with Gasteiger partial charge in [0, 0.05) is 54.8 Å². The van der Waals surface area contributed by atoms with Gasteiger partial charge in [-0.15, -0.1) is 0 Å². The van der Waals surface area contributed by atoms with Crippen LogP contribution in [0.2, 0.25) is 5.02 Å². The topological polar surface area (TPSA) is 61.4 Å². The molecule has 1 fully saturated rings. The highest BCUT2D eigenvalue weighted by Gasteiger charge is 2.23.